The molecular formula is C22H17N3O3S. The van der Waals surface area contributed by atoms with Crippen LogP contribution in [0.2, 0.25) is 0 Å². The van der Waals surface area contributed by atoms with E-state index in [0.29, 0.717) is 15.6 Å². The van der Waals surface area contributed by atoms with Crippen LogP contribution in [0.3, 0.4) is 0 Å². The third kappa shape index (κ3) is 2.91. The molecule has 0 saturated carbocycles. The zero-order valence-electron chi connectivity index (χ0n) is 15.6. The van der Waals surface area contributed by atoms with Crippen molar-refractivity contribution in [3.63, 3.8) is 0 Å². The van der Waals surface area contributed by atoms with Gasteiger partial charge in [-0.15, -0.1) is 11.3 Å². The number of hydrogen-bond donors (Lipinski definition) is 1. The number of aliphatic hydroxyl groups excluding tert-OH is 1. The number of ether oxygens (including phenoxy) is 1. The molecule has 0 saturated heterocycles. The van der Waals surface area contributed by atoms with Crippen LogP contribution in [-0.2, 0) is 0 Å². The fourth-order valence-corrected chi connectivity index (χ4v) is 4.54. The number of nitrogens with zero attached hydrogens (tertiary/aromatic N) is 3. The highest BCUT2D eigenvalue weighted by molar-refractivity contribution is 7.17. The van der Waals surface area contributed by atoms with Gasteiger partial charge < -0.3 is 9.84 Å². The molecule has 0 unspecified atom stereocenters. The predicted octanol–water partition coefficient (Wildman–Crippen LogP) is 3.93. The van der Waals surface area contributed by atoms with Crippen LogP contribution in [0, 0.1) is 6.92 Å². The van der Waals surface area contributed by atoms with Gasteiger partial charge in [-0.1, -0.05) is 6.08 Å². The first kappa shape index (κ1) is 17.6. The van der Waals surface area contributed by atoms with E-state index in [0.717, 1.165) is 52.1 Å². The van der Waals surface area contributed by atoms with Gasteiger partial charge in [0, 0.05) is 6.20 Å². The largest absolute Gasteiger partial charge is 0.514 e. The molecule has 7 heteroatoms. The van der Waals surface area contributed by atoms with Crippen LogP contribution in [0.4, 0.5) is 0 Å². The number of aromatic nitrogens is 3. The van der Waals surface area contributed by atoms with E-state index in [1.807, 2.05) is 31.2 Å². The summed E-state index contributed by atoms with van der Waals surface area (Å²) >= 11 is 1.31. The molecule has 144 valence electrons. The van der Waals surface area contributed by atoms with E-state index in [1.165, 1.54) is 11.3 Å². The summed E-state index contributed by atoms with van der Waals surface area (Å²) in [4.78, 5) is 22.2. The summed E-state index contributed by atoms with van der Waals surface area (Å²) in [6.45, 7) is 1.94. The minimum Gasteiger partial charge on any atom is -0.514 e. The number of allylic oxidation sites excluding steroid dienone is 3. The fourth-order valence-electron chi connectivity index (χ4n) is 3.62. The standard InChI is InChI=1S/C22H17N3O3S/c1-13-11-15(28-14-5-3-2-4-6-14)7-8-16(13)25-17-9-10-23-21-19(17)20(24-22(25)27)18(12-26)29-21/h3,5-12,26H,2,4H2,1H3. The molecule has 0 atom stereocenters. The lowest BCUT2D eigenvalue weighted by atomic mass is 10.1. The smallest absolute Gasteiger partial charge is 0.353 e. The van der Waals surface area contributed by atoms with Crippen molar-refractivity contribution in [1.82, 2.24) is 14.5 Å². The molecule has 5 rings (SSSR count). The first-order valence-corrected chi connectivity index (χ1v) is 10.1. The van der Waals surface area contributed by atoms with Gasteiger partial charge in [0.15, 0.2) is 0 Å². The predicted molar refractivity (Wildman–Crippen MR) is 115 cm³/mol. The van der Waals surface area contributed by atoms with E-state index in [-0.39, 0.29) is 0 Å². The van der Waals surface area contributed by atoms with E-state index in [2.05, 4.69) is 22.1 Å². The van der Waals surface area contributed by atoms with Crippen LogP contribution in [0.15, 0.2) is 59.2 Å². The van der Waals surface area contributed by atoms with E-state index in [4.69, 9.17) is 4.74 Å². The second kappa shape index (κ2) is 6.86. The molecule has 0 fully saturated rings. The third-order valence-corrected chi connectivity index (χ3v) is 5.96. The lowest BCUT2D eigenvalue weighted by Gasteiger charge is -2.14. The van der Waals surface area contributed by atoms with Gasteiger partial charge in [0.05, 0.1) is 27.4 Å². The molecular weight excluding hydrogens is 386 g/mol. The molecule has 4 aromatic rings. The minimum absolute atomic E-state index is 0.402. The van der Waals surface area contributed by atoms with Crippen LogP contribution in [-0.4, -0.2) is 19.6 Å². The molecule has 1 aromatic carbocycles. The molecule has 0 spiro atoms. The lowest BCUT2D eigenvalue weighted by Crippen LogP contribution is -2.23. The summed E-state index contributed by atoms with van der Waals surface area (Å²) in [5.74, 6) is 1.55. The van der Waals surface area contributed by atoms with Gasteiger partial charge >= 0.3 is 5.69 Å². The number of hydrogen-bond acceptors (Lipinski definition) is 6. The van der Waals surface area contributed by atoms with Crippen LogP contribution in [0.5, 0.6) is 5.75 Å². The summed E-state index contributed by atoms with van der Waals surface area (Å²) in [7, 11) is 0. The van der Waals surface area contributed by atoms with Crippen LogP contribution < -0.4 is 15.0 Å². The Hall–Kier alpha value is -3.45. The Bertz CT molecular complexity index is 1430. The first-order valence-electron chi connectivity index (χ1n) is 9.25. The molecule has 1 aliphatic carbocycles. The van der Waals surface area contributed by atoms with Gasteiger partial charge in [0.25, 0.3) is 0 Å². The van der Waals surface area contributed by atoms with Crippen LogP contribution >= 0.6 is 11.3 Å². The Kier molecular flexibility index (Phi) is 4.17. The van der Waals surface area contributed by atoms with Gasteiger partial charge in [0.2, 0.25) is 0 Å². The van der Waals surface area contributed by atoms with Crippen LogP contribution in [0.25, 0.3) is 33.2 Å². The Morgan fingerprint density at radius 3 is 2.93 bits per heavy atom. The van der Waals surface area contributed by atoms with Crippen molar-refractivity contribution in [2.45, 2.75) is 19.8 Å². The van der Waals surface area contributed by atoms with Gasteiger partial charge in [-0.3, -0.25) is 4.57 Å². The lowest BCUT2D eigenvalue weighted by molar-refractivity contribution is 0.438. The van der Waals surface area contributed by atoms with E-state index >= 15 is 0 Å². The zero-order chi connectivity index (χ0) is 20.0. The summed E-state index contributed by atoms with van der Waals surface area (Å²) in [6, 6.07) is 7.44. The molecule has 3 aromatic heterocycles. The third-order valence-electron chi connectivity index (χ3n) is 4.93. The molecule has 0 bridgehead atoms. The zero-order valence-corrected chi connectivity index (χ0v) is 16.4. The summed E-state index contributed by atoms with van der Waals surface area (Å²) < 4.78 is 8.06. The second-order valence-corrected chi connectivity index (χ2v) is 7.85. The van der Waals surface area contributed by atoms with Gasteiger partial charge in [0.1, 0.15) is 21.9 Å². The maximum absolute atomic E-state index is 12.9. The Morgan fingerprint density at radius 1 is 1.28 bits per heavy atom. The first-order chi connectivity index (χ1) is 14.2. The summed E-state index contributed by atoms with van der Waals surface area (Å²) in [6.07, 6.45) is 10.8. The van der Waals surface area contributed by atoms with Gasteiger partial charge in [-0.2, -0.15) is 4.98 Å². The topological polar surface area (TPSA) is 77.2 Å². The van der Waals surface area contributed by atoms with Gasteiger partial charge in [-0.25, -0.2) is 9.78 Å². The van der Waals surface area contributed by atoms with Crippen molar-refractivity contribution in [3.8, 4) is 11.4 Å². The van der Waals surface area contributed by atoms with Crippen LogP contribution in [0.1, 0.15) is 18.4 Å². The molecule has 29 heavy (non-hydrogen) atoms. The highest BCUT2D eigenvalue weighted by Crippen LogP contribution is 2.28. The Balaban J connectivity index is 1.67. The number of aryl methyl sites for hydroxylation is 1. The van der Waals surface area contributed by atoms with Gasteiger partial charge in [-0.05, 0) is 61.7 Å². The normalized spacial score (nSPS) is 14.7. The molecule has 6 nitrogen and oxygen atoms in total. The molecule has 0 amide bonds. The van der Waals surface area contributed by atoms with Crippen molar-refractivity contribution in [2.75, 3.05) is 0 Å². The molecule has 1 N–H and O–H groups in total. The molecule has 3 heterocycles. The Labute approximate surface area is 169 Å². The quantitative estimate of drug-likeness (QED) is 0.561. The number of aliphatic hydroxyl groups is 1. The maximum atomic E-state index is 12.9. The van der Waals surface area contributed by atoms with Crippen molar-refractivity contribution < 1.29 is 9.84 Å². The minimum atomic E-state index is -0.402. The highest BCUT2D eigenvalue weighted by Gasteiger charge is 2.17. The molecule has 1 aliphatic rings. The van der Waals surface area contributed by atoms with E-state index in [9.17, 15) is 9.90 Å². The number of rotatable bonds is 3. The molecule has 0 aliphatic heterocycles. The van der Waals surface area contributed by atoms with E-state index < -0.39 is 5.69 Å². The average Bonchev–Trinajstić information content (AvgIpc) is 3.09. The maximum Gasteiger partial charge on any atom is 0.353 e. The highest BCUT2D eigenvalue weighted by atomic mass is 32.1. The number of benzene rings is 1. The van der Waals surface area contributed by atoms with Crippen molar-refractivity contribution in [2.24, 2.45) is 0 Å². The SMILES string of the molecule is Cc1cc(OC2=CCCC=C2)ccc1-n1c(=O)nc2c(=CO)sc3nccc1c32. The monoisotopic (exact) mass is 403 g/mol. The summed E-state index contributed by atoms with van der Waals surface area (Å²) in [5.41, 5.74) is 2.41. The second-order valence-electron chi connectivity index (χ2n) is 6.82. The fraction of sp³-hybridized carbons (Fsp3) is 0.136. The summed E-state index contributed by atoms with van der Waals surface area (Å²) in [5, 5.41) is 10.3. The molecule has 0 radical (unpaired) electrons. The average molecular weight is 403 g/mol. The number of pyridine rings is 1. The van der Waals surface area contributed by atoms with Crippen molar-refractivity contribution in [1.29, 1.82) is 0 Å². The Morgan fingerprint density at radius 2 is 2.17 bits per heavy atom. The van der Waals surface area contributed by atoms with Crippen molar-refractivity contribution in [3.05, 3.63) is 75.0 Å². The van der Waals surface area contributed by atoms with E-state index in [1.54, 1.807) is 16.8 Å². The number of thiophene rings is 1. The van der Waals surface area contributed by atoms with Crippen molar-refractivity contribution >= 4 is 38.8 Å².